The summed E-state index contributed by atoms with van der Waals surface area (Å²) < 4.78 is 41.9. The summed E-state index contributed by atoms with van der Waals surface area (Å²) in [5.41, 5.74) is -0.659. The summed E-state index contributed by atoms with van der Waals surface area (Å²) in [6, 6.07) is 9.04. The second-order valence-electron chi connectivity index (χ2n) is 9.08. The maximum absolute atomic E-state index is 13.7. The molecule has 1 aliphatic heterocycles. The van der Waals surface area contributed by atoms with Gasteiger partial charge in [-0.05, 0) is 58.6 Å². The Labute approximate surface area is 183 Å². The number of hydrogen-bond donors (Lipinski definition) is 0. The average Bonchev–Trinajstić information content (AvgIpc) is 2.69. The van der Waals surface area contributed by atoms with E-state index in [1.807, 2.05) is 18.2 Å². The van der Waals surface area contributed by atoms with Crippen molar-refractivity contribution in [3.05, 3.63) is 30.3 Å². The zero-order chi connectivity index (χ0) is 22.9. The van der Waals surface area contributed by atoms with E-state index in [1.54, 1.807) is 32.9 Å². The van der Waals surface area contributed by atoms with Crippen LogP contribution in [0.15, 0.2) is 30.3 Å². The predicted molar refractivity (Wildman–Crippen MR) is 115 cm³/mol. The first-order chi connectivity index (χ1) is 14.5. The molecule has 1 aliphatic carbocycles. The molecule has 1 aromatic rings. The van der Waals surface area contributed by atoms with Gasteiger partial charge in [0.1, 0.15) is 17.5 Å². The summed E-state index contributed by atoms with van der Waals surface area (Å²) >= 11 is 0. The second kappa shape index (κ2) is 8.68. The molecule has 172 valence electrons. The minimum absolute atomic E-state index is 0.0319. The topological polar surface area (TPSA) is 99.2 Å². The Balaban J connectivity index is 1.78. The van der Waals surface area contributed by atoms with Gasteiger partial charge in [0, 0.05) is 13.1 Å². The summed E-state index contributed by atoms with van der Waals surface area (Å²) in [6.45, 7) is 5.49. The zero-order valence-corrected chi connectivity index (χ0v) is 19.3. The number of carbonyl (C=O) groups is 2. The molecule has 9 heteroatoms. The molecule has 1 saturated carbocycles. The average molecular weight is 454 g/mol. The quantitative estimate of drug-likeness (QED) is 0.632. The van der Waals surface area contributed by atoms with Gasteiger partial charge in [0.2, 0.25) is 0 Å². The molecule has 1 heterocycles. The molecule has 2 aliphatic rings. The van der Waals surface area contributed by atoms with E-state index in [4.69, 9.17) is 14.2 Å². The smallest absolute Gasteiger partial charge is 0.410 e. The van der Waals surface area contributed by atoms with Crippen LogP contribution in [0.1, 0.15) is 46.5 Å². The third-order valence-electron chi connectivity index (χ3n) is 5.90. The van der Waals surface area contributed by atoms with Crippen LogP contribution in [0.5, 0.6) is 5.75 Å². The van der Waals surface area contributed by atoms with E-state index in [0.717, 1.165) is 0 Å². The van der Waals surface area contributed by atoms with Crippen molar-refractivity contribution in [2.75, 3.05) is 20.2 Å². The lowest BCUT2D eigenvalue weighted by molar-refractivity contribution is -0.145. The van der Waals surface area contributed by atoms with Crippen molar-refractivity contribution < 1.29 is 32.2 Å². The van der Waals surface area contributed by atoms with Crippen molar-refractivity contribution in [2.24, 2.45) is 0 Å². The number of ether oxygens (including phenoxy) is 3. The fourth-order valence-electron chi connectivity index (χ4n) is 4.06. The lowest BCUT2D eigenvalue weighted by atomic mass is 9.94. The molecule has 31 heavy (non-hydrogen) atoms. The van der Waals surface area contributed by atoms with Crippen molar-refractivity contribution in [2.45, 2.75) is 68.2 Å². The Hall–Kier alpha value is -2.29. The highest BCUT2D eigenvalue weighted by Crippen LogP contribution is 2.42. The monoisotopic (exact) mass is 453 g/mol. The highest BCUT2D eigenvalue weighted by Gasteiger charge is 2.60. The molecule has 2 fully saturated rings. The van der Waals surface area contributed by atoms with Crippen LogP contribution in [-0.2, 0) is 24.1 Å². The molecule has 3 rings (SSSR count). The number of para-hydroxylation sites is 1. The molecule has 1 amide bonds. The Kier molecular flexibility index (Phi) is 6.55. The molecule has 0 spiro atoms. The molecule has 0 bridgehead atoms. The van der Waals surface area contributed by atoms with E-state index >= 15 is 0 Å². The van der Waals surface area contributed by atoms with Crippen LogP contribution in [0.4, 0.5) is 4.79 Å². The van der Waals surface area contributed by atoms with Gasteiger partial charge >= 0.3 is 12.1 Å². The lowest BCUT2D eigenvalue weighted by Gasteiger charge is -2.45. The van der Waals surface area contributed by atoms with Crippen molar-refractivity contribution in [3.63, 3.8) is 0 Å². The van der Waals surface area contributed by atoms with Gasteiger partial charge in [-0.3, -0.25) is 4.79 Å². The maximum atomic E-state index is 13.7. The first kappa shape index (κ1) is 23.4. The highest BCUT2D eigenvalue weighted by atomic mass is 32.2. The number of benzene rings is 1. The molecule has 8 nitrogen and oxygen atoms in total. The molecule has 1 aromatic carbocycles. The normalized spacial score (nSPS) is 23.4. The summed E-state index contributed by atoms with van der Waals surface area (Å²) in [6.07, 6.45) is -0.0739. The SMILES string of the molecule is COC(=O)C1(S(=O)(=O)[C@H]2CCC2Oc2ccccc2)CCN(C(=O)OC(C)(C)C)CC1. The maximum Gasteiger partial charge on any atom is 0.410 e. The van der Waals surface area contributed by atoms with E-state index in [-0.39, 0.29) is 25.9 Å². The second-order valence-corrected chi connectivity index (χ2v) is 11.6. The minimum atomic E-state index is -3.93. The van der Waals surface area contributed by atoms with Gasteiger partial charge < -0.3 is 19.1 Å². The first-order valence-electron chi connectivity index (χ1n) is 10.5. The Morgan fingerprint density at radius 2 is 1.68 bits per heavy atom. The van der Waals surface area contributed by atoms with Crippen LogP contribution in [0.3, 0.4) is 0 Å². The Morgan fingerprint density at radius 3 is 2.16 bits per heavy atom. The highest BCUT2D eigenvalue weighted by molar-refractivity contribution is 7.94. The fraction of sp³-hybridized carbons (Fsp3) is 0.636. The zero-order valence-electron chi connectivity index (χ0n) is 18.5. The Bertz CT molecular complexity index is 900. The van der Waals surface area contributed by atoms with Gasteiger partial charge in [0.05, 0.1) is 12.4 Å². The van der Waals surface area contributed by atoms with Crippen molar-refractivity contribution in [1.82, 2.24) is 4.90 Å². The van der Waals surface area contributed by atoms with Crippen molar-refractivity contribution in [3.8, 4) is 5.75 Å². The van der Waals surface area contributed by atoms with E-state index in [1.165, 1.54) is 12.0 Å². The molecule has 0 radical (unpaired) electrons. The predicted octanol–water partition coefficient (Wildman–Crippen LogP) is 2.95. The first-order valence-corrected chi connectivity index (χ1v) is 12.1. The molecule has 1 saturated heterocycles. The number of likely N-dealkylation sites (tertiary alicyclic amines) is 1. The number of carbonyl (C=O) groups excluding carboxylic acids is 2. The van der Waals surface area contributed by atoms with E-state index < -0.39 is 43.6 Å². The molecular formula is C22H31NO7S. The largest absolute Gasteiger partial charge is 0.489 e. The third-order valence-corrected chi connectivity index (χ3v) is 8.91. The van der Waals surface area contributed by atoms with Crippen LogP contribution < -0.4 is 4.74 Å². The van der Waals surface area contributed by atoms with Crippen LogP contribution >= 0.6 is 0 Å². The summed E-state index contributed by atoms with van der Waals surface area (Å²) in [5.74, 6) is -0.180. The summed E-state index contributed by atoms with van der Waals surface area (Å²) in [5, 5.41) is -0.792. The molecule has 0 aromatic heterocycles. The van der Waals surface area contributed by atoms with Gasteiger partial charge in [-0.25, -0.2) is 13.2 Å². The lowest BCUT2D eigenvalue weighted by Crippen LogP contribution is -2.62. The van der Waals surface area contributed by atoms with Crippen LogP contribution in [0.2, 0.25) is 0 Å². The number of amides is 1. The van der Waals surface area contributed by atoms with E-state index in [0.29, 0.717) is 18.6 Å². The van der Waals surface area contributed by atoms with Gasteiger partial charge in [-0.15, -0.1) is 0 Å². The van der Waals surface area contributed by atoms with Gasteiger partial charge in [-0.1, -0.05) is 18.2 Å². The number of esters is 1. The number of rotatable bonds is 5. The van der Waals surface area contributed by atoms with E-state index in [9.17, 15) is 18.0 Å². The number of hydrogen-bond acceptors (Lipinski definition) is 7. The van der Waals surface area contributed by atoms with Gasteiger partial charge in [-0.2, -0.15) is 0 Å². The molecular weight excluding hydrogens is 422 g/mol. The number of nitrogens with zero attached hydrogens (tertiary/aromatic N) is 1. The number of piperidine rings is 1. The van der Waals surface area contributed by atoms with Crippen molar-refractivity contribution >= 4 is 21.9 Å². The van der Waals surface area contributed by atoms with E-state index in [2.05, 4.69) is 0 Å². The van der Waals surface area contributed by atoms with Crippen molar-refractivity contribution in [1.29, 1.82) is 0 Å². The fourth-order valence-corrected chi connectivity index (χ4v) is 6.74. The van der Waals surface area contributed by atoms with Crippen LogP contribution in [0, 0.1) is 0 Å². The molecule has 2 atom stereocenters. The van der Waals surface area contributed by atoms with Crippen LogP contribution in [-0.4, -0.2) is 67.3 Å². The molecule has 1 unspecified atom stereocenters. The number of methoxy groups -OCH3 is 1. The number of sulfone groups is 1. The standard InChI is InChI=1S/C22H31NO7S/c1-21(2,3)30-20(25)23-14-12-22(13-15-23,19(24)28-4)31(26,27)18-11-10-17(18)29-16-8-6-5-7-9-16/h5-9,17-18H,10-15H2,1-4H3/t17?,18-/m0/s1. The summed E-state index contributed by atoms with van der Waals surface area (Å²) in [4.78, 5) is 26.6. The third kappa shape index (κ3) is 4.66. The summed E-state index contributed by atoms with van der Waals surface area (Å²) in [7, 11) is -2.74. The molecule has 0 N–H and O–H groups in total. The Morgan fingerprint density at radius 1 is 1.06 bits per heavy atom. The van der Waals surface area contributed by atoms with Crippen LogP contribution in [0.25, 0.3) is 0 Å². The van der Waals surface area contributed by atoms with Gasteiger partial charge in [0.25, 0.3) is 0 Å². The van der Waals surface area contributed by atoms with Gasteiger partial charge in [0.15, 0.2) is 14.6 Å². The minimum Gasteiger partial charge on any atom is -0.489 e.